The maximum atomic E-state index is 4.13. The monoisotopic (exact) mass is 245 g/mol. The summed E-state index contributed by atoms with van der Waals surface area (Å²) in [6, 6.07) is 6.26. The Labute approximate surface area is 87.1 Å². The molecular formula is C9H12BrNS. The minimum atomic E-state index is 0.848. The Balaban J connectivity index is 2.72. The number of aryl methyl sites for hydroxylation is 1. The third-order valence-electron chi connectivity index (χ3n) is 1.55. The molecule has 0 bridgehead atoms. The maximum absolute atomic E-state index is 4.13. The summed E-state index contributed by atoms with van der Waals surface area (Å²) >= 11 is 7.62. The van der Waals surface area contributed by atoms with Crippen LogP contribution in [0.15, 0.2) is 22.7 Å². The topological polar surface area (TPSA) is 12.0 Å². The van der Waals surface area contributed by atoms with Crippen molar-refractivity contribution in [3.63, 3.8) is 0 Å². The van der Waals surface area contributed by atoms with Crippen molar-refractivity contribution >= 4 is 34.2 Å². The van der Waals surface area contributed by atoms with E-state index in [1.54, 1.807) is 0 Å². The molecule has 0 amide bonds. The van der Waals surface area contributed by atoms with E-state index in [1.165, 1.54) is 5.56 Å². The standard InChI is InChI=1S/C9H12BrNS/c1-7-2-3-9(8(10)6-7)11-4-5-12/h2-3,6,11-12H,4-5H2,1H3. The van der Waals surface area contributed by atoms with Crippen molar-refractivity contribution < 1.29 is 0 Å². The van der Waals surface area contributed by atoms with Crippen molar-refractivity contribution in [1.29, 1.82) is 0 Å². The zero-order valence-corrected chi connectivity index (χ0v) is 9.45. The summed E-state index contributed by atoms with van der Waals surface area (Å²) in [5.74, 6) is 0.848. The maximum Gasteiger partial charge on any atom is 0.0485 e. The molecule has 0 unspecified atom stereocenters. The Morgan fingerprint density at radius 3 is 2.83 bits per heavy atom. The normalized spacial score (nSPS) is 9.92. The van der Waals surface area contributed by atoms with Gasteiger partial charge in [-0.1, -0.05) is 6.07 Å². The van der Waals surface area contributed by atoms with Crippen molar-refractivity contribution in [2.24, 2.45) is 0 Å². The van der Waals surface area contributed by atoms with Gasteiger partial charge in [0.2, 0.25) is 0 Å². The zero-order valence-electron chi connectivity index (χ0n) is 6.97. The quantitative estimate of drug-likeness (QED) is 0.781. The van der Waals surface area contributed by atoms with E-state index < -0.39 is 0 Å². The van der Waals surface area contributed by atoms with Crippen LogP contribution in [0.25, 0.3) is 0 Å². The van der Waals surface area contributed by atoms with E-state index in [1.807, 2.05) is 0 Å². The summed E-state index contributed by atoms with van der Waals surface area (Å²) in [7, 11) is 0. The first-order chi connectivity index (χ1) is 5.74. The van der Waals surface area contributed by atoms with E-state index in [9.17, 15) is 0 Å². The molecule has 1 nitrogen and oxygen atoms in total. The largest absolute Gasteiger partial charge is 0.383 e. The predicted molar refractivity (Wildman–Crippen MR) is 61.2 cm³/mol. The highest BCUT2D eigenvalue weighted by atomic mass is 79.9. The molecule has 0 spiro atoms. The molecule has 0 radical (unpaired) electrons. The molecule has 1 aromatic rings. The van der Waals surface area contributed by atoms with Gasteiger partial charge in [0.05, 0.1) is 0 Å². The Kier molecular flexibility index (Phi) is 3.95. The second-order valence-electron chi connectivity index (χ2n) is 2.63. The van der Waals surface area contributed by atoms with Gasteiger partial charge in [-0.25, -0.2) is 0 Å². The fourth-order valence-electron chi connectivity index (χ4n) is 0.954. The molecule has 0 aliphatic heterocycles. The van der Waals surface area contributed by atoms with Crippen LogP contribution in [-0.2, 0) is 0 Å². The van der Waals surface area contributed by atoms with Gasteiger partial charge >= 0.3 is 0 Å². The van der Waals surface area contributed by atoms with E-state index in [0.29, 0.717) is 0 Å². The summed E-state index contributed by atoms with van der Waals surface area (Å²) in [6.45, 7) is 2.97. The number of hydrogen-bond acceptors (Lipinski definition) is 2. The van der Waals surface area contributed by atoms with Crippen LogP contribution in [-0.4, -0.2) is 12.3 Å². The van der Waals surface area contributed by atoms with E-state index in [4.69, 9.17) is 0 Å². The van der Waals surface area contributed by atoms with Gasteiger partial charge in [0.25, 0.3) is 0 Å². The molecule has 0 heterocycles. The SMILES string of the molecule is Cc1ccc(NCCS)c(Br)c1. The minimum absolute atomic E-state index is 0.848. The highest BCUT2D eigenvalue weighted by Gasteiger charge is 1.97. The molecule has 0 fully saturated rings. The number of benzene rings is 1. The first-order valence-corrected chi connectivity index (χ1v) is 5.27. The molecule has 1 rings (SSSR count). The van der Waals surface area contributed by atoms with Crippen LogP contribution < -0.4 is 5.32 Å². The lowest BCUT2D eigenvalue weighted by Crippen LogP contribution is -2.02. The molecule has 0 aliphatic carbocycles. The Hall–Kier alpha value is -0.150. The van der Waals surface area contributed by atoms with Gasteiger partial charge in [-0.05, 0) is 40.5 Å². The average molecular weight is 246 g/mol. The Morgan fingerprint density at radius 2 is 2.25 bits per heavy atom. The summed E-state index contributed by atoms with van der Waals surface area (Å²) in [4.78, 5) is 0. The third kappa shape index (κ3) is 2.72. The van der Waals surface area contributed by atoms with Gasteiger partial charge in [-0.2, -0.15) is 12.6 Å². The van der Waals surface area contributed by atoms with E-state index in [0.717, 1.165) is 22.5 Å². The predicted octanol–water partition coefficient (Wildman–Crippen LogP) is 3.10. The van der Waals surface area contributed by atoms with Crippen molar-refractivity contribution in [3.8, 4) is 0 Å². The number of thiol groups is 1. The van der Waals surface area contributed by atoms with Gasteiger partial charge in [0.15, 0.2) is 0 Å². The molecule has 66 valence electrons. The Bertz CT molecular complexity index is 263. The number of anilines is 1. The molecule has 0 saturated carbocycles. The second-order valence-corrected chi connectivity index (χ2v) is 3.94. The number of halogens is 1. The van der Waals surface area contributed by atoms with Crippen molar-refractivity contribution in [3.05, 3.63) is 28.2 Å². The highest BCUT2D eigenvalue weighted by molar-refractivity contribution is 9.10. The van der Waals surface area contributed by atoms with E-state index in [2.05, 4.69) is 59.0 Å². The van der Waals surface area contributed by atoms with Crippen LogP contribution >= 0.6 is 28.6 Å². The van der Waals surface area contributed by atoms with Gasteiger partial charge in [0, 0.05) is 22.5 Å². The van der Waals surface area contributed by atoms with Gasteiger partial charge in [0.1, 0.15) is 0 Å². The molecule has 0 aromatic heterocycles. The second kappa shape index (κ2) is 4.77. The fraction of sp³-hybridized carbons (Fsp3) is 0.333. The number of nitrogens with one attached hydrogen (secondary N) is 1. The van der Waals surface area contributed by atoms with Crippen molar-refractivity contribution in [1.82, 2.24) is 0 Å². The van der Waals surface area contributed by atoms with Crippen LogP contribution in [0.2, 0.25) is 0 Å². The molecule has 0 saturated heterocycles. The summed E-state index contributed by atoms with van der Waals surface area (Å²) in [5, 5.41) is 3.27. The van der Waals surface area contributed by atoms with Gasteiger partial charge < -0.3 is 5.32 Å². The molecule has 12 heavy (non-hydrogen) atoms. The van der Waals surface area contributed by atoms with Crippen molar-refractivity contribution in [2.45, 2.75) is 6.92 Å². The lowest BCUT2D eigenvalue weighted by molar-refractivity contribution is 1.22. The summed E-state index contributed by atoms with van der Waals surface area (Å²) in [6.07, 6.45) is 0. The van der Waals surface area contributed by atoms with Crippen molar-refractivity contribution in [2.75, 3.05) is 17.6 Å². The number of rotatable bonds is 3. The fourth-order valence-corrected chi connectivity index (χ4v) is 1.70. The van der Waals surface area contributed by atoms with Crippen LogP contribution in [0.4, 0.5) is 5.69 Å². The van der Waals surface area contributed by atoms with Gasteiger partial charge in [-0.15, -0.1) is 0 Å². The van der Waals surface area contributed by atoms with Crippen LogP contribution in [0, 0.1) is 6.92 Å². The van der Waals surface area contributed by atoms with Crippen LogP contribution in [0.1, 0.15) is 5.56 Å². The van der Waals surface area contributed by atoms with Crippen LogP contribution in [0.5, 0.6) is 0 Å². The molecular weight excluding hydrogens is 234 g/mol. The zero-order chi connectivity index (χ0) is 8.97. The van der Waals surface area contributed by atoms with E-state index in [-0.39, 0.29) is 0 Å². The molecule has 0 atom stereocenters. The molecule has 1 N–H and O–H groups in total. The average Bonchev–Trinajstić information content (AvgIpc) is 2.03. The highest BCUT2D eigenvalue weighted by Crippen LogP contribution is 2.22. The Morgan fingerprint density at radius 1 is 1.50 bits per heavy atom. The minimum Gasteiger partial charge on any atom is -0.383 e. The molecule has 1 aromatic carbocycles. The molecule has 3 heteroatoms. The first-order valence-electron chi connectivity index (χ1n) is 3.85. The lowest BCUT2D eigenvalue weighted by Gasteiger charge is -2.07. The molecule has 0 aliphatic rings. The van der Waals surface area contributed by atoms with E-state index >= 15 is 0 Å². The number of hydrogen-bond donors (Lipinski definition) is 2. The van der Waals surface area contributed by atoms with Gasteiger partial charge in [-0.3, -0.25) is 0 Å². The first kappa shape index (κ1) is 9.93. The summed E-state index contributed by atoms with van der Waals surface area (Å²) < 4.78 is 1.12. The van der Waals surface area contributed by atoms with Crippen LogP contribution in [0.3, 0.4) is 0 Å². The third-order valence-corrected chi connectivity index (χ3v) is 2.43. The lowest BCUT2D eigenvalue weighted by atomic mass is 10.2. The smallest absolute Gasteiger partial charge is 0.0485 e. The summed E-state index contributed by atoms with van der Waals surface area (Å²) in [5.41, 5.74) is 2.40.